The molecule has 0 amide bonds. The zero-order valence-corrected chi connectivity index (χ0v) is 15.2. The topological polar surface area (TPSA) is 55.8 Å². The standard InChI is InChI=1S/C20H23NO4/c1-20(2,3)15-11-6-7-12-16(15)21-13-9-8-10-14(18(22)24-4)17(21)19(23)25-5/h6-13H,1-5H3. The van der Waals surface area contributed by atoms with Gasteiger partial charge in [0, 0.05) is 11.9 Å². The minimum atomic E-state index is -0.611. The smallest absolute Gasteiger partial charge is 0.355 e. The molecular formula is C20H23NO4. The summed E-state index contributed by atoms with van der Waals surface area (Å²) in [5.41, 5.74) is 1.94. The Bertz CT molecular complexity index is 766. The Kier molecular flexibility index (Phi) is 5.47. The van der Waals surface area contributed by atoms with Gasteiger partial charge in [0.15, 0.2) is 0 Å². The number of methoxy groups -OCH3 is 2. The van der Waals surface area contributed by atoms with Gasteiger partial charge in [-0.25, -0.2) is 9.59 Å². The molecule has 25 heavy (non-hydrogen) atoms. The van der Waals surface area contributed by atoms with Crippen molar-refractivity contribution in [3.05, 3.63) is 65.5 Å². The van der Waals surface area contributed by atoms with Crippen molar-refractivity contribution in [3.8, 4) is 0 Å². The number of carbonyl (C=O) groups is 2. The number of rotatable bonds is 3. The van der Waals surface area contributed by atoms with E-state index in [0.717, 1.165) is 11.3 Å². The Hall–Kier alpha value is -2.82. The Balaban J connectivity index is 2.75. The van der Waals surface area contributed by atoms with E-state index in [1.54, 1.807) is 29.3 Å². The molecule has 0 aromatic heterocycles. The molecule has 0 saturated heterocycles. The van der Waals surface area contributed by atoms with Crippen molar-refractivity contribution >= 4 is 17.6 Å². The van der Waals surface area contributed by atoms with Gasteiger partial charge in [-0.15, -0.1) is 0 Å². The normalized spacial score (nSPS) is 14.4. The second kappa shape index (κ2) is 7.38. The van der Waals surface area contributed by atoms with Gasteiger partial charge < -0.3 is 14.4 Å². The lowest BCUT2D eigenvalue weighted by atomic mass is 9.85. The Morgan fingerprint density at radius 1 is 0.960 bits per heavy atom. The van der Waals surface area contributed by atoms with Gasteiger partial charge in [-0.2, -0.15) is 0 Å². The van der Waals surface area contributed by atoms with Crippen molar-refractivity contribution < 1.29 is 19.1 Å². The molecule has 0 radical (unpaired) electrons. The SMILES string of the molecule is COC(=O)C1=C(C(=O)OC)N(c2ccccc2C(C)(C)C)C=CC=C1. The highest BCUT2D eigenvalue weighted by molar-refractivity contribution is 6.05. The van der Waals surface area contributed by atoms with E-state index < -0.39 is 11.9 Å². The number of hydrogen-bond donors (Lipinski definition) is 0. The Labute approximate surface area is 148 Å². The van der Waals surface area contributed by atoms with E-state index in [9.17, 15) is 9.59 Å². The number of hydrogen-bond acceptors (Lipinski definition) is 5. The molecular weight excluding hydrogens is 318 g/mol. The first-order valence-electron chi connectivity index (χ1n) is 7.95. The fourth-order valence-corrected chi connectivity index (χ4v) is 2.67. The molecule has 1 aromatic rings. The number of para-hydroxylation sites is 1. The number of esters is 2. The highest BCUT2D eigenvalue weighted by Gasteiger charge is 2.30. The molecule has 0 aliphatic carbocycles. The average Bonchev–Trinajstić information content (AvgIpc) is 2.82. The first-order chi connectivity index (χ1) is 11.8. The molecule has 0 N–H and O–H groups in total. The van der Waals surface area contributed by atoms with E-state index in [4.69, 9.17) is 9.47 Å². The van der Waals surface area contributed by atoms with Gasteiger partial charge in [0.1, 0.15) is 5.70 Å². The van der Waals surface area contributed by atoms with Gasteiger partial charge in [-0.1, -0.05) is 45.0 Å². The second-order valence-electron chi connectivity index (χ2n) is 6.58. The molecule has 5 heteroatoms. The monoisotopic (exact) mass is 341 g/mol. The van der Waals surface area contributed by atoms with Crippen molar-refractivity contribution in [3.63, 3.8) is 0 Å². The maximum absolute atomic E-state index is 12.5. The summed E-state index contributed by atoms with van der Waals surface area (Å²) in [5, 5.41) is 0. The first-order valence-corrected chi connectivity index (χ1v) is 7.95. The summed E-state index contributed by atoms with van der Waals surface area (Å²) in [6.45, 7) is 6.27. The fourth-order valence-electron chi connectivity index (χ4n) is 2.67. The van der Waals surface area contributed by atoms with Crippen LogP contribution in [0.4, 0.5) is 5.69 Å². The average molecular weight is 341 g/mol. The molecule has 5 nitrogen and oxygen atoms in total. The van der Waals surface area contributed by atoms with Crippen LogP contribution in [0.25, 0.3) is 0 Å². The van der Waals surface area contributed by atoms with Crippen LogP contribution in [0.2, 0.25) is 0 Å². The van der Waals surface area contributed by atoms with Crippen molar-refractivity contribution in [2.24, 2.45) is 0 Å². The van der Waals surface area contributed by atoms with E-state index in [-0.39, 0.29) is 16.7 Å². The van der Waals surface area contributed by atoms with Crippen LogP contribution in [0.5, 0.6) is 0 Å². The van der Waals surface area contributed by atoms with Crippen LogP contribution in [-0.2, 0) is 24.5 Å². The van der Waals surface area contributed by atoms with Gasteiger partial charge in [0.05, 0.1) is 19.8 Å². The number of carbonyl (C=O) groups excluding carboxylic acids is 2. The van der Waals surface area contributed by atoms with Crippen LogP contribution >= 0.6 is 0 Å². The van der Waals surface area contributed by atoms with Crippen LogP contribution < -0.4 is 4.90 Å². The molecule has 0 bridgehead atoms. The van der Waals surface area contributed by atoms with Crippen LogP contribution in [-0.4, -0.2) is 26.2 Å². The van der Waals surface area contributed by atoms with E-state index >= 15 is 0 Å². The number of anilines is 1. The number of nitrogens with zero attached hydrogens (tertiary/aromatic N) is 1. The van der Waals surface area contributed by atoms with E-state index in [2.05, 4.69) is 20.8 Å². The summed E-state index contributed by atoms with van der Waals surface area (Å²) in [6, 6.07) is 7.76. The van der Waals surface area contributed by atoms with E-state index in [1.165, 1.54) is 14.2 Å². The lowest BCUT2D eigenvalue weighted by Gasteiger charge is -2.30. The summed E-state index contributed by atoms with van der Waals surface area (Å²) in [4.78, 5) is 26.4. The summed E-state index contributed by atoms with van der Waals surface area (Å²) in [7, 11) is 2.57. The van der Waals surface area contributed by atoms with Gasteiger partial charge >= 0.3 is 11.9 Å². The molecule has 1 aliphatic heterocycles. The molecule has 1 aliphatic rings. The maximum atomic E-state index is 12.5. The minimum absolute atomic E-state index is 0.121. The summed E-state index contributed by atoms with van der Waals surface area (Å²) >= 11 is 0. The van der Waals surface area contributed by atoms with Crippen LogP contribution in [0.15, 0.2) is 60.0 Å². The van der Waals surface area contributed by atoms with Crippen molar-refractivity contribution in [2.45, 2.75) is 26.2 Å². The van der Waals surface area contributed by atoms with E-state index in [1.807, 2.05) is 24.3 Å². The third-order valence-corrected chi connectivity index (χ3v) is 3.86. The zero-order valence-electron chi connectivity index (χ0n) is 15.2. The lowest BCUT2D eigenvalue weighted by molar-refractivity contribution is -0.139. The third-order valence-electron chi connectivity index (χ3n) is 3.86. The van der Waals surface area contributed by atoms with Crippen molar-refractivity contribution in [2.75, 3.05) is 19.1 Å². The molecule has 132 valence electrons. The lowest BCUT2D eigenvalue weighted by Crippen LogP contribution is -2.29. The molecule has 0 saturated carbocycles. The van der Waals surface area contributed by atoms with Crippen LogP contribution in [0.1, 0.15) is 26.3 Å². The number of benzene rings is 1. The minimum Gasteiger partial charge on any atom is -0.465 e. The molecule has 2 rings (SSSR count). The summed E-state index contributed by atoms with van der Waals surface area (Å²) in [6.07, 6.45) is 6.74. The predicted molar refractivity (Wildman–Crippen MR) is 97.0 cm³/mol. The summed E-state index contributed by atoms with van der Waals surface area (Å²) in [5.74, 6) is -1.21. The molecule has 0 unspecified atom stereocenters. The molecule has 0 spiro atoms. The molecule has 0 fully saturated rings. The molecule has 1 heterocycles. The number of allylic oxidation sites excluding steroid dienone is 2. The van der Waals surface area contributed by atoms with Crippen molar-refractivity contribution in [1.82, 2.24) is 0 Å². The summed E-state index contributed by atoms with van der Waals surface area (Å²) < 4.78 is 9.77. The zero-order chi connectivity index (χ0) is 18.6. The Morgan fingerprint density at radius 3 is 2.20 bits per heavy atom. The Morgan fingerprint density at radius 2 is 1.60 bits per heavy atom. The largest absolute Gasteiger partial charge is 0.465 e. The molecule has 1 aromatic carbocycles. The fraction of sp³-hybridized carbons (Fsp3) is 0.300. The van der Waals surface area contributed by atoms with Crippen molar-refractivity contribution in [1.29, 1.82) is 0 Å². The van der Waals surface area contributed by atoms with Crippen LogP contribution in [0, 0.1) is 0 Å². The first kappa shape index (κ1) is 18.5. The predicted octanol–water partition coefficient (Wildman–Crippen LogP) is 3.47. The van der Waals surface area contributed by atoms with E-state index in [0.29, 0.717) is 0 Å². The quantitative estimate of drug-likeness (QED) is 0.788. The highest BCUT2D eigenvalue weighted by atomic mass is 16.5. The maximum Gasteiger partial charge on any atom is 0.355 e. The van der Waals surface area contributed by atoms with Gasteiger partial charge in [0.2, 0.25) is 0 Å². The molecule has 0 atom stereocenters. The van der Waals surface area contributed by atoms with Crippen LogP contribution in [0.3, 0.4) is 0 Å². The highest BCUT2D eigenvalue weighted by Crippen LogP contribution is 2.35. The van der Waals surface area contributed by atoms with Gasteiger partial charge in [0.25, 0.3) is 0 Å². The number of ether oxygens (including phenoxy) is 2. The van der Waals surface area contributed by atoms with Gasteiger partial charge in [-0.3, -0.25) is 0 Å². The second-order valence-corrected chi connectivity index (χ2v) is 6.58. The third kappa shape index (κ3) is 3.82. The van der Waals surface area contributed by atoms with Gasteiger partial charge in [-0.05, 0) is 29.2 Å².